The molecule has 0 spiro atoms. The third-order valence-electron chi connectivity index (χ3n) is 7.35. The highest BCUT2D eigenvalue weighted by molar-refractivity contribution is 8.00. The molecule has 10 heteroatoms. The van der Waals surface area contributed by atoms with E-state index in [0.717, 1.165) is 10.5 Å². The van der Waals surface area contributed by atoms with Crippen molar-refractivity contribution in [3.05, 3.63) is 150 Å². The first-order chi connectivity index (χ1) is 24.4. The average molecular weight is 688 g/mol. The van der Waals surface area contributed by atoms with Crippen LogP contribution in [0.25, 0.3) is 6.08 Å². The van der Waals surface area contributed by atoms with Crippen LogP contribution in [0.5, 0.6) is 17.2 Å². The maximum absolute atomic E-state index is 13.8. The number of amides is 3. The first-order valence-corrected chi connectivity index (χ1v) is 16.7. The van der Waals surface area contributed by atoms with E-state index in [1.165, 1.54) is 11.8 Å². The lowest BCUT2D eigenvalue weighted by Gasteiger charge is -2.18. The Hall–Kier alpha value is -6.00. The summed E-state index contributed by atoms with van der Waals surface area (Å²) < 4.78 is 16.5. The fourth-order valence-corrected chi connectivity index (χ4v) is 6.04. The van der Waals surface area contributed by atoms with Crippen LogP contribution in [-0.4, -0.2) is 38.5 Å². The van der Waals surface area contributed by atoms with Crippen LogP contribution in [0.1, 0.15) is 33.7 Å². The van der Waals surface area contributed by atoms with Crippen molar-refractivity contribution >= 4 is 46.9 Å². The SMILES string of the molecule is CCOc1ccccc1/C=C(/NC(=O)c1ccccc1)C(=O)Nc1cccc(SC(C(=O)Nc2cc(OC)cc(OC)c2)c2ccccc2)c1. The van der Waals surface area contributed by atoms with E-state index in [4.69, 9.17) is 14.2 Å². The molecule has 3 N–H and O–H groups in total. The molecule has 5 aromatic rings. The zero-order chi connectivity index (χ0) is 35.3. The summed E-state index contributed by atoms with van der Waals surface area (Å²) in [5.74, 6) is 0.434. The Kier molecular flexibility index (Phi) is 12.3. The predicted octanol–water partition coefficient (Wildman–Crippen LogP) is 7.98. The quantitative estimate of drug-likeness (QED) is 0.0801. The number of ether oxygens (including phenoxy) is 3. The number of carbonyl (C=O) groups excluding carboxylic acids is 3. The molecular weight excluding hydrogens is 651 g/mol. The summed E-state index contributed by atoms with van der Waals surface area (Å²) in [6.07, 6.45) is 1.59. The maximum atomic E-state index is 13.8. The molecule has 0 radical (unpaired) electrons. The van der Waals surface area contributed by atoms with Crippen LogP contribution >= 0.6 is 11.8 Å². The molecular formula is C40H37N3O6S. The van der Waals surface area contributed by atoms with Gasteiger partial charge in [0.1, 0.15) is 28.2 Å². The molecule has 0 aliphatic rings. The van der Waals surface area contributed by atoms with Gasteiger partial charge >= 0.3 is 0 Å². The molecule has 254 valence electrons. The zero-order valence-electron chi connectivity index (χ0n) is 27.8. The third kappa shape index (κ3) is 9.55. The number of hydrogen-bond donors (Lipinski definition) is 3. The maximum Gasteiger partial charge on any atom is 0.272 e. The molecule has 1 unspecified atom stereocenters. The van der Waals surface area contributed by atoms with Crippen molar-refractivity contribution in [3.8, 4) is 17.2 Å². The van der Waals surface area contributed by atoms with Gasteiger partial charge in [-0.2, -0.15) is 0 Å². The molecule has 3 amide bonds. The van der Waals surface area contributed by atoms with E-state index in [1.807, 2.05) is 61.5 Å². The molecule has 0 fully saturated rings. The second-order valence-electron chi connectivity index (χ2n) is 10.8. The Balaban J connectivity index is 1.40. The van der Waals surface area contributed by atoms with Crippen LogP contribution in [-0.2, 0) is 9.59 Å². The monoisotopic (exact) mass is 687 g/mol. The molecule has 50 heavy (non-hydrogen) atoms. The van der Waals surface area contributed by atoms with Gasteiger partial charge in [-0.25, -0.2) is 0 Å². The Morgan fingerprint density at radius 2 is 1.38 bits per heavy atom. The summed E-state index contributed by atoms with van der Waals surface area (Å²) in [4.78, 5) is 41.5. The lowest BCUT2D eigenvalue weighted by Crippen LogP contribution is -2.30. The Labute approximate surface area is 295 Å². The van der Waals surface area contributed by atoms with Crippen LogP contribution in [0.3, 0.4) is 0 Å². The molecule has 5 rings (SSSR count). The average Bonchev–Trinajstić information content (AvgIpc) is 3.15. The van der Waals surface area contributed by atoms with E-state index in [2.05, 4.69) is 16.0 Å². The highest BCUT2D eigenvalue weighted by Gasteiger charge is 2.23. The van der Waals surface area contributed by atoms with Crippen molar-refractivity contribution in [1.82, 2.24) is 5.32 Å². The van der Waals surface area contributed by atoms with E-state index < -0.39 is 17.1 Å². The van der Waals surface area contributed by atoms with Gasteiger partial charge in [0.25, 0.3) is 11.8 Å². The molecule has 0 aliphatic carbocycles. The number of rotatable bonds is 14. The van der Waals surface area contributed by atoms with Gasteiger partial charge in [-0.15, -0.1) is 11.8 Å². The van der Waals surface area contributed by atoms with E-state index in [9.17, 15) is 14.4 Å². The molecule has 9 nitrogen and oxygen atoms in total. The van der Waals surface area contributed by atoms with Gasteiger partial charge in [-0.3, -0.25) is 14.4 Å². The number of thioether (sulfide) groups is 1. The summed E-state index contributed by atoms with van der Waals surface area (Å²) in [7, 11) is 3.09. The third-order valence-corrected chi connectivity index (χ3v) is 8.60. The van der Waals surface area contributed by atoms with Crippen molar-refractivity contribution in [1.29, 1.82) is 0 Å². The fraction of sp³-hybridized carbons (Fsp3) is 0.125. The standard InChI is InChI=1S/C40H37N3O6S/c1-4-49-36-21-12-11-18-29(36)22-35(43-38(44)28-16-9-6-10-17-28)39(45)41-30-19-13-20-34(25-30)50-37(27-14-7-5-8-15-27)40(46)42-31-23-32(47-2)26-33(24-31)48-3/h5-26,37H,4H2,1-3H3,(H,41,45)(H,42,46)(H,43,44)/b35-22+. The largest absolute Gasteiger partial charge is 0.497 e. The molecule has 0 aliphatic heterocycles. The van der Waals surface area contributed by atoms with Gasteiger partial charge < -0.3 is 30.2 Å². The molecule has 0 aromatic heterocycles. The second kappa shape index (κ2) is 17.4. The van der Waals surface area contributed by atoms with Gasteiger partial charge in [0.15, 0.2) is 0 Å². The topological polar surface area (TPSA) is 115 Å². The Morgan fingerprint density at radius 1 is 0.720 bits per heavy atom. The van der Waals surface area contributed by atoms with Crippen LogP contribution in [0.4, 0.5) is 11.4 Å². The van der Waals surface area contributed by atoms with Gasteiger partial charge in [-0.1, -0.05) is 72.8 Å². The molecule has 5 aromatic carbocycles. The van der Waals surface area contributed by atoms with Crippen LogP contribution in [0.15, 0.2) is 138 Å². The first kappa shape index (κ1) is 35.3. The smallest absolute Gasteiger partial charge is 0.272 e. The summed E-state index contributed by atoms with van der Waals surface area (Å²) in [6, 6.07) is 37.7. The minimum Gasteiger partial charge on any atom is -0.497 e. The van der Waals surface area contributed by atoms with Crippen molar-refractivity contribution in [2.45, 2.75) is 17.1 Å². The lowest BCUT2D eigenvalue weighted by molar-refractivity contribution is -0.116. The Bertz CT molecular complexity index is 1940. The van der Waals surface area contributed by atoms with Crippen molar-refractivity contribution < 1.29 is 28.6 Å². The minimum atomic E-state index is -0.643. The fourth-order valence-electron chi connectivity index (χ4n) is 4.95. The number of methoxy groups -OCH3 is 2. The highest BCUT2D eigenvalue weighted by Crippen LogP contribution is 2.38. The van der Waals surface area contributed by atoms with E-state index in [1.54, 1.807) is 93.1 Å². The normalized spacial score (nSPS) is 11.5. The first-order valence-electron chi connectivity index (χ1n) is 15.8. The number of hydrogen-bond acceptors (Lipinski definition) is 7. The van der Waals surface area contributed by atoms with Crippen LogP contribution in [0, 0.1) is 0 Å². The summed E-state index contributed by atoms with van der Waals surface area (Å²) >= 11 is 1.33. The van der Waals surface area contributed by atoms with Crippen molar-refractivity contribution in [2.75, 3.05) is 31.5 Å². The van der Waals surface area contributed by atoms with Gasteiger partial charge in [0.2, 0.25) is 5.91 Å². The number of nitrogens with one attached hydrogen (secondary N) is 3. The molecule has 0 bridgehead atoms. The summed E-state index contributed by atoms with van der Waals surface area (Å²) in [6.45, 7) is 2.31. The number of benzene rings is 5. The summed E-state index contributed by atoms with van der Waals surface area (Å²) in [5.41, 5.74) is 2.85. The lowest BCUT2D eigenvalue weighted by atomic mass is 10.1. The van der Waals surface area contributed by atoms with Crippen LogP contribution < -0.4 is 30.2 Å². The van der Waals surface area contributed by atoms with Gasteiger partial charge in [-0.05, 0) is 55.0 Å². The highest BCUT2D eigenvalue weighted by atomic mass is 32.2. The Morgan fingerprint density at radius 3 is 2.06 bits per heavy atom. The van der Waals surface area contributed by atoms with Gasteiger partial charge in [0.05, 0.1) is 20.8 Å². The number of carbonyl (C=O) groups is 3. The van der Waals surface area contributed by atoms with Gasteiger partial charge in [0, 0.05) is 45.6 Å². The molecule has 0 saturated carbocycles. The van der Waals surface area contributed by atoms with E-state index in [-0.39, 0.29) is 11.6 Å². The number of para-hydroxylation sites is 1. The molecule has 0 heterocycles. The molecule has 1 atom stereocenters. The van der Waals surface area contributed by atoms with Crippen LogP contribution in [0.2, 0.25) is 0 Å². The van der Waals surface area contributed by atoms with E-state index >= 15 is 0 Å². The zero-order valence-corrected chi connectivity index (χ0v) is 28.7. The predicted molar refractivity (Wildman–Crippen MR) is 198 cm³/mol. The number of anilines is 2. The summed E-state index contributed by atoms with van der Waals surface area (Å²) in [5, 5.41) is 8.04. The van der Waals surface area contributed by atoms with E-state index in [0.29, 0.717) is 46.4 Å². The minimum absolute atomic E-state index is 0.0271. The van der Waals surface area contributed by atoms with Crippen molar-refractivity contribution in [3.63, 3.8) is 0 Å². The second-order valence-corrected chi connectivity index (χ2v) is 12.0. The molecule has 0 saturated heterocycles. The van der Waals surface area contributed by atoms with Crippen molar-refractivity contribution in [2.24, 2.45) is 0 Å².